The van der Waals surface area contributed by atoms with Crippen molar-refractivity contribution in [3.63, 3.8) is 0 Å². The van der Waals surface area contributed by atoms with Gasteiger partial charge in [0.25, 0.3) is 5.91 Å². The zero-order valence-corrected chi connectivity index (χ0v) is 18.2. The molecule has 0 unspecified atom stereocenters. The molecule has 0 saturated carbocycles. The Hall–Kier alpha value is -2.71. The minimum Gasteiger partial charge on any atom is -0.334 e. The summed E-state index contributed by atoms with van der Waals surface area (Å²) in [6, 6.07) is 11.9. The van der Waals surface area contributed by atoms with E-state index in [0.29, 0.717) is 0 Å². The first kappa shape index (κ1) is 20.6. The predicted molar refractivity (Wildman–Crippen MR) is 117 cm³/mol. The zero-order valence-electron chi connectivity index (χ0n) is 17.4. The van der Waals surface area contributed by atoms with Gasteiger partial charge in [-0.3, -0.25) is 9.78 Å². The Labute approximate surface area is 181 Å². The smallest absolute Gasteiger partial charge is 0.254 e. The van der Waals surface area contributed by atoms with Gasteiger partial charge in [-0.15, -0.1) is 10.2 Å². The van der Waals surface area contributed by atoms with Crippen molar-refractivity contribution in [2.75, 3.05) is 33.2 Å². The van der Waals surface area contributed by atoms with E-state index in [2.05, 4.69) is 33.7 Å². The molecule has 1 aromatic carbocycles. The van der Waals surface area contributed by atoms with Crippen LogP contribution < -0.4 is 4.90 Å². The number of amides is 1. The molecule has 2 aromatic heterocycles. The number of rotatable bonds is 6. The number of pyridine rings is 1. The van der Waals surface area contributed by atoms with Gasteiger partial charge >= 0.3 is 0 Å². The van der Waals surface area contributed by atoms with E-state index in [9.17, 15) is 4.79 Å². The average molecular weight is 424 g/mol. The summed E-state index contributed by atoms with van der Waals surface area (Å²) in [5.74, 6) is 1.77. The topological polar surface area (TPSA) is 68.4 Å². The van der Waals surface area contributed by atoms with E-state index in [4.69, 9.17) is 0 Å². The fourth-order valence-electron chi connectivity index (χ4n) is 3.56. The van der Waals surface area contributed by atoms with Gasteiger partial charge in [-0.2, -0.15) is 0 Å². The Bertz CT molecular complexity index is 981. The number of carbonyl (C=O) groups excluding carboxylic acids is 1. The Morgan fingerprint density at radius 2 is 1.77 bits per heavy atom. The van der Waals surface area contributed by atoms with Gasteiger partial charge in [-0.05, 0) is 36.8 Å². The molecule has 30 heavy (non-hydrogen) atoms. The Morgan fingerprint density at radius 3 is 2.43 bits per heavy atom. The standard InChI is InChI=1S/C22H26N6OS/c1-3-28-20(18-8-10-23-11-9-18)24-25-22(28)30-16-17-4-6-19(7-5-17)21(29)27-14-12-26(2)13-15-27/h4-11H,3,12-16H2,1-2H3/p+1. The Kier molecular flexibility index (Phi) is 6.44. The molecule has 0 aliphatic carbocycles. The van der Waals surface area contributed by atoms with Crippen LogP contribution in [-0.2, 0) is 12.3 Å². The van der Waals surface area contributed by atoms with Gasteiger partial charge in [0, 0.05) is 35.8 Å². The minimum atomic E-state index is 0.134. The van der Waals surface area contributed by atoms with Crippen molar-refractivity contribution in [1.29, 1.82) is 0 Å². The fraction of sp³-hybridized carbons (Fsp3) is 0.364. The van der Waals surface area contributed by atoms with Gasteiger partial charge in [0.1, 0.15) is 0 Å². The van der Waals surface area contributed by atoms with Crippen molar-refractivity contribution in [1.82, 2.24) is 24.6 Å². The number of quaternary nitrogens is 1. The first-order valence-corrected chi connectivity index (χ1v) is 11.3. The number of hydrogen-bond donors (Lipinski definition) is 1. The molecule has 0 radical (unpaired) electrons. The summed E-state index contributed by atoms with van der Waals surface area (Å²) in [5.41, 5.74) is 2.94. The number of nitrogens with zero attached hydrogens (tertiary/aromatic N) is 5. The van der Waals surface area contributed by atoms with Gasteiger partial charge in [-0.25, -0.2) is 0 Å². The van der Waals surface area contributed by atoms with E-state index < -0.39 is 0 Å². The lowest BCUT2D eigenvalue weighted by molar-refractivity contribution is -0.883. The molecule has 3 heterocycles. The van der Waals surface area contributed by atoms with E-state index in [1.807, 2.05) is 41.3 Å². The molecule has 1 N–H and O–H groups in total. The summed E-state index contributed by atoms with van der Waals surface area (Å²) in [5, 5.41) is 9.65. The molecular formula is C22H27N6OS+. The summed E-state index contributed by atoms with van der Waals surface area (Å²) in [4.78, 5) is 20.2. The SMILES string of the molecule is CCn1c(SCc2ccc(C(=O)N3CC[NH+](C)CC3)cc2)nnc1-c1ccncc1. The maximum absolute atomic E-state index is 12.7. The van der Waals surface area contributed by atoms with Crippen molar-refractivity contribution < 1.29 is 9.69 Å². The third kappa shape index (κ3) is 4.55. The molecule has 8 heteroatoms. The van der Waals surface area contributed by atoms with Crippen molar-refractivity contribution >= 4 is 17.7 Å². The number of likely N-dealkylation sites (N-methyl/N-ethyl adjacent to an activating group) is 1. The first-order valence-electron chi connectivity index (χ1n) is 10.3. The molecule has 1 amide bonds. The summed E-state index contributed by atoms with van der Waals surface area (Å²) < 4.78 is 2.12. The molecule has 156 valence electrons. The van der Waals surface area contributed by atoms with E-state index in [1.165, 1.54) is 4.90 Å². The maximum Gasteiger partial charge on any atom is 0.254 e. The number of piperazine rings is 1. The zero-order chi connectivity index (χ0) is 20.9. The molecule has 1 aliphatic heterocycles. The molecule has 7 nitrogen and oxygen atoms in total. The third-order valence-electron chi connectivity index (χ3n) is 5.44. The van der Waals surface area contributed by atoms with Gasteiger partial charge < -0.3 is 14.4 Å². The van der Waals surface area contributed by atoms with Crippen LogP contribution in [-0.4, -0.2) is 63.8 Å². The predicted octanol–water partition coefficient (Wildman–Crippen LogP) is 1.62. The van der Waals surface area contributed by atoms with Crippen molar-refractivity contribution in [3.05, 3.63) is 59.9 Å². The molecule has 0 atom stereocenters. The molecule has 4 rings (SSSR count). The number of carbonyl (C=O) groups is 1. The minimum absolute atomic E-state index is 0.134. The van der Waals surface area contributed by atoms with Crippen LogP contribution in [0.2, 0.25) is 0 Å². The van der Waals surface area contributed by atoms with Gasteiger partial charge in [0.15, 0.2) is 11.0 Å². The van der Waals surface area contributed by atoms with Crippen molar-refractivity contribution in [2.24, 2.45) is 0 Å². The third-order valence-corrected chi connectivity index (χ3v) is 6.48. The van der Waals surface area contributed by atoms with Crippen LogP contribution in [0, 0.1) is 0 Å². The van der Waals surface area contributed by atoms with Crippen LogP contribution in [0.25, 0.3) is 11.4 Å². The number of benzene rings is 1. The van der Waals surface area contributed by atoms with Gasteiger partial charge in [0.05, 0.1) is 33.2 Å². The quantitative estimate of drug-likeness (QED) is 0.611. The lowest BCUT2D eigenvalue weighted by atomic mass is 10.1. The fourth-order valence-corrected chi connectivity index (χ4v) is 4.52. The molecule has 0 spiro atoms. The second kappa shape index (κ2) is 9.40. The molecule has 1 fully saturated rings. The van der Waals surface area contributed by atoms with Crippen LogP contribution in [0.4, 0.5) is 0 Å². The Balaban J connectivity index is 1.40. The van der Waals surface area contributed by atoms with E-state index in [0.717, 1.165) is 66.1 Å². The van der Waals surface area contributed by atoms with Gasteiger partial charge in [0.2, 0.25) is 0 Å². The van der Waals surface area contributed by atoms with Crippen LogP contribution in [0.3, 0.4) is 0 Å². The number of aromatic nitrogens is 4. The molecular weight excluding hydrogens is 396 g/mol. The van der Waals surface area contributed by atoms with Crippen LogP contribution in [0.5, 0.6) is 0 Å². The maximum atomic E-state index is 12.7. The monoisotopic (exact) mass is 423 g/mol. The normalized spacial score (nSPS) is 14.8. The summed E-state index contributed by atoms with van der Waals surface area (Å²) in [6.45, 7) is 6.58. The highest BCUT2D eigenvalue weighted by Gasteiger charge is 2.22. The molecule has 1 aliphatic rings. The molecule has 3 aromatic rings. The highest BCUT2D eigenvalue weighted by molar-refractivity contribution is 7.98. The van der Waals surface area contributed by atoms with E-state index in [-0.39, 0.29) is 5.91 Å². The number of hydrogen-bond acceptors (Lipinski definition) is 5. The largest absolute Gasteiger partial charge is 0.334 e. The van der Waals surface area contributed by atoms with E-state index >= 15 is 0 Å². The Morgan fingerprint density at radius 1 is 1.07 bits per heavy atom. The highest BCUT2D eigenvalue weighted by Crippen LogP contribution is 2.26. The van der Waals surface area contributed by atoms with Crippen molar-refractivity contribution in [3.8, 4) is 11.4 Å². The lowest BCUT2D eigenvalue weighted by Gasteiger charge is -2.30. The second-order valence-corrected chi connectivity index (χ2v) is 8.46. The van der Waals surface area contributed by atoms with Crippen molar-refractivity contribution in [2.45, 2.75) is 24.4 Å². The first-order chi connectivity index (χ1) is 14.7. The van der Waals surface area contributed by atoms with Crippen LogP contribution in [0.1, 0.15) is 22.8 Å². The van der Waals surface area contributed by atoms with E-state index in [1.54, 1.807) is 24.2 Å². The summed E-state index contributed by atoms with van der Waals surface area (Å²) >= 11 is 1.66. The van der Waals surface area contributed by atoms with Crippen LogP contribution >= 0.6 is 11.8 Å². The number of thioether (sulfide) groups is 1. The lowest BCUT2D eigenvalue weighted by Crippen LogP contribution is -3.12. The number of nitrogens with one attached hydrogen (secondary N) is 1. The summed E-state index contributed by atoms with van der Waals surface area (Å²) in [7, 11) is 2.17. The van der Waals surface area contributed by atoms with Gasteiger partial charge in [-0.1, -0.05) is 23.9 Å². The highest BCUT2D eigenvalue weighted by atomic mass is 32.2. The van der Waals surface area contributed by atoms with Crippen LogP contribution in [0.15, 0.2) is 53.9 Å². The average Bonchev–Trinajstić information content (AvgIpc) is 3.21. The molecule has 0 bridgehead atoms. The molecule has 1 saturated heterocycles. The second-order valence-electron chi connectivity index (χ2n) is 7.52. The summed E-state index contributed by atoms with van der Waals surface area (Å²) in [6.07, 6.45) is 3.53.